The lowest BCUT2D eigenvalue weighted by Gasteiger charge is -2.32. The monoisotopic (exact) mass is 465 g/mol. The number of aromatic nitrogens is 1. The van der Waals surface area contributed by atoms with Crippen molar-refractivity contribution in [2.24, 2.45) is 0 Å². The van der Waals surface area contributed by atoms with Gasteiger partial charge in [0.2, 0.25) is 5.78 Å². The third-order valence-corrected chi connectivity index (χ3v) is 6.76. The van der Waals surface area contributed by atoms with Crippen molar-refractivity contribution in [2.75, 3.05) is 57.4 Å². The molecule has 0 radical (unpaired) electrons. The van der Waals surface area contributed by atoms with E-state index in [1.54, 1.807) is 12.1 Å². The molecular weight excluding hydrogens is 434 g/mol. The van der Waals surface area contributed by atoms with Crippen LogP contribution in [-0.2, 0) is 6.61 Å². The third kappa shape index (κ3) is 6.54. The van der Waals surface area contributed by atoms with E-state index in [0.29, 0.717) is 27.9 Å². The number of anilines is 2. The number of ketones is 1. The zero-order valence-electron chi connectivity index (χ0n) is 19.0. The molecule has 2 aromatic carbocycles. The first-order valence-corrected chi connectivity index (χ1v) is 12.1. The maximum atomic E-state index is 13.1. The SMILES string of the molecule is CN1CCN(CCCNc2nc(N)c(C(=O)c3cccc(OCc4ccccc4)c3)s2)CC1. The Morgan fingerprint density at radius 3 is 2.70 bits per heavy atom. The summed E-state index contributed by atoms with van der Waals surface area (Å²) in [6.45, 7) is 6.80. The van der Waals surface area contributed by atoms with Crippen LogP contribution in [0, 0.1) is 0 Å². The lowest BCUT2D eigenvalue weighted by Crippen LogP contribution is -2.44. The Labute approximate surface area is 199 Å². The van der Waals surface area contributed by atoms with E-state index in [2.05, 4.69) is 27.1 Å². The van der Waals surface area contributed by atoms with Crippen LogP contribution in [0.3, 0.4) is 0 Å². The minimum atomic E-state index is -0.138. The number of hydrogen-bond acceptors (Lipinski definition) is 8. The molecule has 2 heterocycles. The first kappa shape index (κ1) is 23.2. The molecule has 33 heavy (non-hydrogen) atoms. The van der Waals surface area contributed by atoms with Gasteiger partial charge in [0.05, 0.1) is 0 Å². The molecule has 1 aliphatic heterocycles. The molecule has 1 fully saturated rings. The van der Waals surface area contributed by atoms with Crippen molar-refractivity contribution in [3.05, 3.63) is 70.6 Å². The summed E-state index contributed by atoms with van der Waals surface area (Å²) in [5.74, 6) is 0.776. The number of benzene rings is 2. The Morgan fingerprint density at radius 2 is 1.91 bits per heavy atom. The zero-order chi connectivity index (χ0) is 23.0. The highest BCUT2D eigenvalue weighted by atomic mass is 32.1. The second-order valence-electron chi connectivity index (χ2n) is 8.29. The van der Waals surface area contributed by atoms with Crippen LogP contribution < -0.4 is 15.8 Å². The lowest BCUT2D eigenvalue weighted by atomic mass is 10.1. The van der Waals surface area contributed by atoms with Crippen molar-refractivity contribution in [3.8, 4) is 5.75 Å². The van der Waals surface area contributed by atoms with Gasteiger partial charge in [-0.2, -0.15) is 0 Å². The predicted octanol–water partition coefficient (Wildman–Crippen LogP) is 3.58. The summed E-state index contributed by atoms with van der Waals surface area (Å²) in [6, 6.07) is 17.1. The van der Waals surface area contributed by atoms with Gasteiger partial charge in [0.1, 0.15) is 23.1 Å². The van der Waals surface area contributed by atoms with Crippen molar-refractivity contribution in [1.82, 2.24) is 14.8 Å². The summed E-state index contributed by atoms with van der Waals surface area (Å²) in [5.41, 5.74) is 7.69. The lowest BCUT2D eigenvalue weighted by molar-refractivity contribution is 0.104. The van der Waals surface area contributed by atoms with Crippen molar-refractivity contribution in [1.29, 1.82) is 0 Å². The van der Waals surface area contributed by atoms with Gasteiger partial charge in [-0.1, -0.05) is 53.8 Å². The van der Waals surface area contributed by atoms with Crippen LogP contribution in [0.2, 0.25) is 0 Å². The van der Waals surface area contributed by atoms with E-state index in [4.69, 9.17) is 10.5 Å². The molecule has 8 heteroatoms. The van der Waals surface area contributed by atoms with Crippen LogP contribution >= 0.6 is 11.3 Å². The predicted molar refractivity (Wildman–Crippen MR) is 134 cm³/mol. The summed E-state index contributed by atoms with van der Waals surface area (Å²) in [4.78, 5) is 22.7. The molecule has 0 bridgehead atoms. The molecule has 3 aromatic rings. The number of carbonyl (C=O) groups excluding carboxylic acids is 1. The molecule has 0 amide bonds. The van der Waals surface area contributed by atoms with Crippen molar-refractivity contribution in [3.63, 3.8) is 0 Å². The summed E-state index contributed by atoms with van der Waals surface area (Å²) in [7, 11) is 2.17. The van der Waals surface area contributed by atoms with E-state index in [0.717, 1.165) is 51.3 Å². The van der Waals surface area contributed by atoms with Crippen LogP contribution in [0.5, 0.6) is 5.75 Å². The van der Waals surface area contributed by atoms with Gasteiger partial charge >= 0.3 is 0 Å². The Hall–Kier alpha value is -2.94. The normalized spacial score (nSPS) is 14.8. The quantitative estimate of drug-likeness (QED) is 0.350. The number of hydrogen-bond donors (Lipinski definition) is 2. The number of likely N-dealkylation sites (N-methyl/N-ethyl adjacent to an activating group) is 1. The van der Waals surface area contributed by atoms with Crippen LogP contribution in [0.25, 0.3) is 0 Å². The number of nitrogens with two attached hydrogens (primary N) is 1. The molecule has 0 spiro atoms. The number of nitrogen functional groups attached to an aromatic ring is 1. The van der Waals surface area contributed by atoms with Gasteiger partial charge in [0.25, 0.3) is 0 Å². The number of carbonyl (C=O) groups is 1. The maximum absolute atomic E-state index is 13.1. The van der Waals surface area contributed by atoms with Gasteiger partial charge in [-0.3, -0.25) is 4.79 Å². The molecule has 0 unspecified atom stereocenters. The highest BCUT2D eigenvalue weighted by molar-refractivity contribution is 7.18. The van der Waals surface area contributed by atoms with Crippen LogP contribution in [0.15, 0.2) is 54.6 Å². The molecule has 1 aromatic heterocycles. The number of thiazole rings is 1. The highest BCUT2D eigenvalue weighted by Gasteiger charge is 2.19. The molecule has 4 rings (SSSR count). The number of rotatable bonds is 10. The average Bonchev–Trinajstić information content (AvgIpc) is 3.22. The van der Waals surface area contributed by atoms with Gasteiger partial charge in [-0.15, -0.1) is 0 Å². The van der Waals surface area contributed by atoms with Gasteiger partial charge in [0.15, 0.2) is 5.13 Å². The fourth-order valence-corrected chi connectivity index (χ4v) is 4.61. The Morgan fingerprint density at radius 1 is 1.12 bits per heavy atom. The van der Waals surface area contributed by atoms with Gasteiger partial charge < -0.3 is 25.6 Å². The first-order valence-electron chi connectivity index (χ1n) is 11.3. The number of piperazine rings is 1. The summed E-state index contributed by atoms with van der Waals surface area (Å²) >= 11 is 1.31. The average molecular weight is 466 g/mol. The molecule has 0 saturated carbocycles. The molecule has 1 saturated heterocycles. The molecular formula is C25H31N5O2S. The maximum Gasteiger partial charge on any atom is 0.206 e. The number of nitrogens with zero attached hydrogens (tertiary/aromatic N) is 3. The molecule has 1 aliphatic rings. The van der Waals surface area contributed by atoms with E-state index in [1.165, 1.54) is 11.3 Å². The smallest absolute Gasteiger partial charge is 0.206 e. The van der Waals surface area contributed by atoms with Crippen molar-refractivity contribution >= 4 is 28.1 Å². The fraction of sp³-hybridized carbons (Fsp3) is 0.360. The highest BCUT2D eigenvalue weighted by Crippen LogP contribution is 2.28. The Bertz CT molecular complexity index is 1050. The van der Waals surface area contributed by atoms with Gasteiger partial charge in [-0.25, -0.2) is 4.98 Å². The number of nitrogens with one attached hydrogen (secondary N) is 1. The molecule has 0 aliphatic carbocycles. The Kier molecular flexibility index (Phi) is 7.93. The largest absolute Gasteiger partial charge is 0.489 e. The fourth-order valence-electron chi connectivity index (χ4n) is 3.74. The minimum absolute atomic E-state index is 0.138. The second-order valence-corrected chi connectivity index (χ2v) is 9.29. The van der Waals surface area contributed by atoms with Gasteiger partial charge in [0, 0.05) is 38.3 Å². The van der Waals surface area contributed by atoms with E-state index in [-0.39, 0.29) is 11.6 Å². The number of ether oxygens (including phenoxy) is 1. The molecule has 7 nitrogen and oxygen atoms in total. The molecule has 174 valence electrons. The molecule has 0 atom stereocenters. The van der Waals surface area contributed by atoms with E-state index in [1.807, 2.05) is 42.5 Å². The van der Waals surface area contributed by atoms with E-state index >= 15 is 0 Å². The third-order valence-electron chi connectivity index (χ3n) is 5.73. The first-order chi connectivity index (χ1) is 16.1. The molecule has 3 N–H and O–H groups in total. The second kappa shape index (κ2) is 11.3. The zero-order valence-corrected chi connectivity index (χ0v) is 19.8. The van der Waals surface area contributed by atoms with Crippen molar-refractivity contribution in [2.45, 2.75) is 13.0 Å². The van der Waals surface area contributed by atoms with Crippen LogP contribution in [0.1, 0.15) is 27.2 Å². The summed E-state index contributed by atoms with van der Waals surface area (Å²) in [6.07, 6.45) is 1.02. The van der Waals surface area contributed by atoms with Gasteiger partial charge in [-0.05, 0) is 37.7 Å². The standard InChI is InChI=1S/C25H31N5O2S/c1-29-13-15-30(16-14-29)12-6-11-27-25-28-24(26)23(33-25)22(31)20-9-5-10-21(17-20)32-18-19-7-3-2-4-8-19/h2-5,7-10,17H,6,11-16,18,26H2,1H3,(H,27,28). The minimum Gasteiger partial charge on any atom is -0.489 e. The van der Waals surface area contributed by atoms with E-state index < -0.39 is 0 Å². The summed E-state index contributed by atoms with van der Waals surface area (Å²) < 4.78 is 5.86. The van der Waals surface area contributed by atoms with Crippen LogP contribution in [0.4, 0.5) is 10.9 Å². The Balaban J connectivity index is 1.30. The van der Waals surface area contributed by atoms with Crippen molar-refractivity contribution < 1.29 is 9.53 Å². The van der Waals surface area contributed by atoms with Crippen LogP contribution in [-0.4, -0.2) is 66.9 Å². The topological polar surface area (TPSA) is 83.7 Å². The summed E-state index contributed by atoms with van der Waals surface area (Å²) in [5, 5.41) is 4.01. The van der Waals surface area contributed by atoms with E-state index in [9.17, 15) is 4.79 Å².